The number of hydrogen-bond donors (Lipinski definition) is 1. The molecule has 1 aliphatic heterocycles. The predicted molar refractivity (Wildman–Crippen MR) is 101 cm³/mol. The third kappa shape index (κ3) is 4.42. The largest absolute Gasteiger partial charge is 0.325 e. The van der Waals surface area contributed by atoms with Gasteiger partial charge >= 0.3 is 0 Å². The highest BCUT2D eigenvalue weighted by molar-refractivity contribution is 14.1. The van der Waals surface area contributed by atoms with Crippen LogP contribution >= 0.6 is 22.6 Å². The van der Waals surface area contributed by atoms with E-state index >= 15 is 0 Å². The molecule has 3 rings (SSSR count). The van der Waals surface area contributed by atoms with Crippen molar-refractivity contribution in [3.63, 3.8) is 0 Å². The van der Waals surface area contributed by atoms with E-state index in [0.717, 1.165) is 40.9 Å². The second kappa shape index (κ2) is 7.75. The van der Waals surface area contributed by atoms with Gasteiger partial charge in [-0.3, -0.25) is 9.69 Å². The first-order chi connectivity index (χ1) is 11.2. The van der Waals surface area contributed by atoms with Crippen molar-refractivity contribution in [2.45, 2.75) is 13.0 Å². The maximum Gasteiger partial charge on any atom is 0.256 e. The smallest absolute Gasteiger partial charge is 0.256 e. The Hall–Kier alpha value is -1.66. The minimum atomic E-state index is -0.0252. The van der Waals surface area contributed by atoms with E-state index in [4.69, 9.17) is 0 Å². The Kier molecular flexibility index (Phi) is 5.46. The Morgan fingerprint density at radius 2 is 1.83 bits per heavy atom. The summed E-state index contributed by atoms with van der Waals surface area (Å²) in [5.41, 5.74) is 3.03. The summed E-state index contributed by atoms with van der Waals surface area (Å²) in [5.74, 6) is -0.0252. The van der Waals surface area contributed by atoms with E-state index in [1.807, 2.05) is 30.3 Å². The van der Waals surface area contributed by atoms with Gasteiger partial charge in [0.2, 0.25) is 0 Å². The molecule has 0 bridgehead atoms. The van der Waals surface area contributed by atoms with E-state index < -0.39 is 0 Å². The lowest BCUT2D eigenvalue weighted by atomic mass is 10.1. The number of halogens is 1. The summed E-state index contributed by atoms with van der Waals surface area (Å²) in [6, 6.07) is 18.1. The highest BCUT2D eigenvalue weighted by Gasteiger charge is 2.16. The first-order valence-corrected chi connectivity index (χ1v) is 8.81. The summed E-state index contributed by atoms with van der Waals surface area (Å²) >= 11 is 2.20. The quantitative estimate of drug-likeness (QED) is 0.767. The molecule has 23 heavy (non-hydrogen) atoms. The zero-order valence-electron chi connectivity index (χ0n) is 12.8. The van der Waals surface area contributed by atoms with Crippen LogP contribution in [0, 0.1) is 3.57 Å². The third-order valence-corrected chi connectivity index (χ3v) is 4.81. The van der Waals surface area contributed by atoms with Gasteiger partial charge in [0.05, 0.1) is 5.56 Å². The highest BCUT2D eigenvalue weighted by atomic mass is 127. The molecule has 0 atom stereocenters. The van der Waals surface area contributed by atoms with E-state index in [1.54, 1.807) is 0 Å². The third-order valence-electron chi connectivity index (χ3n) is 3.87. The van der Waals surface area contributed by atoms with E-state index in [0.29, 0.717) is 0 Å². The minimum absolute atomic E-state index is 0.0252. The van der Waals surface area contributed by atoms with Crippen LogP contribution in [0.1, 0.15) is 22.3 Å². The van der Waals surface area contributed by atoms with E-state index in [-0.39, 0.29) is 5.91 Å². The Morgan fingerprint density at radius 3 is 2.61 bits per heavy atom. The molecular weight excluding hydrogens is 399 g/mol. The Morgan fingerprint density at radius 1 is 1.09 bits per heavy atom. The van der Waals surface area contributed by atoms with Crippen LogP contribution in [0.2, 0.25) is 0 Å². The van der Waals surface area contributed by atoms with Crippen molar-refractivity contribution in [2.24, 2.45) is 0 Å². The molecule has 1 amide bonds. The highest BCUT2D eigenvalue weighted by Crippen LogP contribution is 2.15. The molecule has 0 fully saturated rings. The molecule has 0 spiro atoms. The lowest BCUT2D eigenvalue weighted by molar-refractivity contribution is 0.0959. The number of amides is 1. The molecule has 2 aromatic rings. The molecule has 3 nitrogen and oxygen atoms in total. The molecule has 0 radical (unpaired) electrons. The van der Waals surface area contributed by atoms with Gasteiger partial charge in [0, 0.05) is 28.9 Å². The number of nitrogens with one attached hydrogen (secondary N) is 1. The van der Waals surface area contributed by atoms with Crippen LogP contribution in [0.4, 0.5) is 0 Å². The van der Waals surface area contributed by atoms with Crippen LogP contribution in [0.25, 0.3) is 0 Å². The van der Waals surface area contributed by atoms with E-state index in [1.165, 1.54) is 5.56 Å². The number of hydrogen-bond acceptors (Lipinski definition) is 2. The van der Waals surface area contributed by atoms with Crippen LogP contribution in [-0.2, 0) is 6.54 Å². The van der Waals surface area contributed by atoms with Crippen molar-refractivity contribution < 1.29 is 4.79 Å². The summed E-state index contributed by atoms with van der Waals surface area (Å²) in [7, 11) is 0. The van der Waals surface area contributed by atoms with Crippen LogP contribution in [0.5, 0.6) is 0 Å². The number of benzene rings is 2. The summed E-state index contributed by atoms with van der Waals surface area (Å²) < 4.78 is 0.972. The molecular formula is C19H19IN2O. The molecule has 0 aliphatic carbocycles. The SMILES string of the molecule is O=C(NC1=CCCN(Cc2ccccc2)C1)c1ccccc1I. The Balaban J connectivity index is 1.62. The zero-order chi connectivity index (χ0) is 16.1. The monoisotopic (exact) mass is 418 g/mol. The predicted octanol–water partition coefficient (Wildman–Crippen LogP) is 3.81. The van der Waals surface area contributed by atoms with Gasteiger partial charge in [-0.15, -0.1) is 0 Å². The van der Waals surface area contributed by atoms with Crippen LogP contribution in [0.15, 0.2) is 66.4 Å². The summed E-state index contributed by atoms with van der Waals surface area (Å²) in [4.78, 5) is 14.8. The standard InChI is InChI=1S/C19H19IN2O/c20-18-11-5-4-10-17(18)19(23)21-16-9-6-12-22(14-16)13-15-7-2-1-3-8-15/h1-5,7-11H,6,12-14H2,(H,21,23). The molecule has 0 saturated heterocycles. The van der Waals surface area contributed by atoms with Gasteiger partial charge in [-0.1, -0.05) is 48.5 Å². The van der Waals surface area contributed by atoms with Gasteiger partial charge in [0.15, 0.2) is 0 Å². The van der Waals surface area contributed by atoms with Crippen LogP contribution in [-0.4, -0.2) is 23.9 Å². The first-order valence-electron chi connectivity index (χ1n) is 7.73. The maximum atomic E-state index is 12.4. The van der Waals surface area contributed by atoms with Gasteiger partial charge in [0.25, 0.3) is 5.91 Å². The molecule has 118 valence electrons. The first kappa shape index (κ1) is 16.2. The molecule has 1 N–H and O–H groups in total. The molecule has 0 saturated carbocycles. The van der Waals surface area contributed by atoms with Gasteiger partial charge in [-0.05, 0) is 46.7 Å². The average molecular weight is 418 g/mol. The molecule has 0 unspecified atom stereocenters. The number of nitrogens with zero attached hydrogens (tertiary/aromatic N) is 1. The van der Waals surface area contributed by atoms with Crippen LogP contribution in [0.3, 0.4) is 0 Å². The lowest BCUT2D eigenvalue weighted by Crippen LogP contribution is -2.36. The summed E-state index contributed by atoms with van der Waals surface area (Å²) in [6.07, 6.45) is 3.10. The zero-order valence-corrected chi connectivity index (χ0v) is 15.0. The molecule has 2 aromatic carbocycles. The van der Waals surface area contributed by atoms with Crippen molar-refractivity contribution in [2.75, 3.05) is 13.1 Å². The summed E-state index contributed by atoms with van der Waals surface area (Å²) in [5, 5.41) is 3.07. The second-order valence-corrected chi connectivity index (χ2v) is 6.81. The molecule has 4 heteroatoms. The molecule has 1 heterocycles. The van der Waals surface area contributed by atoms with Gasteiger partial charge < -0.3 is 5.32 Å². The topological polar surface area (TPSA) is 32.3 Å². The molecule has 1 aliphatic rings. The minimum Gasteiger partial charge on any atom is -0.325 e. The number of carbonyl (C=O) groups is 1. The summed E-state index contributed by atoms with van der Waals surface area (Å²) in [6.45, 7) is 2.72. The van der Waals surface area contributed by atoms with Crippen molar-refractivity contribution in [3.05, 3.63) is 81.1 Å². The number of rotatable bonds is 4. The van der Waals surface area contributed by atoms with Crippen molar-refractivity contribution in [1.82, 2.24) is 10.2 Å². The van der Waals surface area contributed by atoms with E-state index in [2.05, 4.69) is 63.1 Å². The second-order valence-electron chi connectivity index (χ2n) is 5.65. The van der Waals surface area contributed by atoms with Crippen molar-refractivity contribution >= 4 is 28.5 Å². The molecule has 0 aromatic heterocycles. The van der Waals surface area contributed by atoms with Crippen LogP contribution < -0.4 is 5.32 Å². The van der Waals surface area contributed by atoms with Crippen molar-refractivity contribution in [3.8, 4) is 0 Å². The lowest BCUT2D eigenvalue weighted by Gasteiger charge is -2.27. The normalized spacial score (nSPS) is 15.1. The maximum absolute atomic E-state index is 12.4. The number of carbonyl (C=O) groups excluding carboxylic acids is 1. The fraction of sp³-hybridized carbons (Fsp3) is 0.211. The fourth-order valence-electron chi connectivity index (χ4n) is 2.73. The fourth-order valence-corrected chi connectivity index (χ4v) is 3.36. The Bertz CT molecular complexity index is 712. The van der Waals surface area contributed by atoms with Crippen molar-refractivity contribution in [1.29, 1.82) is 0 Å². The Labute approximate surface area is 150 Å². The average Bonchev–Trinajstić information content (AvgIpc) is 2.56. The van der Waals surface area contributed by atoms with E-state index in [9.17, 15) is 4.79 Å². The van der Waals surface area contributed by atoms with Gasteiger partial charge in [-0.25, -0.2) is 0 Å². The van der Waals surface area contributed by atoms with Gasteiger partial charge in [0.1, 0.15) is 0 Å². The van der Waals surface area contributed by atoms with Gasteiger partial charge in [-0.2, -0.15) is 0 Å².